The highest BCUT2D eigenvalue weighted by Gasteiger charge is 2.16. The number of aromatic nitrogens is 2. The average Bonchev–Trinajstić information content (AvgIpc) is 2.54. The summed E-state index contributed by atoms with van der Waals surface area (Å²) in [6, 6.07) is 3.66. The van der Waals surface area contributed by atoms with Gasteiger partial charge in [0.05, 0.1) is 12.6 Å². The first-order valence-electron chi connectivity index (χ1n) is 7.19. The average molecular weight is 323 g/mol. The van der Waals surface area contributed by atoms with Gasteiger partial charge in [-0.1, -0.05) is 11.6 Å². The van der Waals surface area contributed by atoms with E-state index in [0.717, 1.165) is 37.1 Å². The molecule has 1 aromatic carbocycles. The number of fused-ring (bicyclic) bond motifs is 1. The van der Waals surface area contributed by atoms with Gasteiger partial charge in [0, 0.05) is 37.6 Å². The fourth-order valence-corrected chi connectivity index (χ4v) is 2.64. The van der Waals surface area contributed by atoms with Gasteiger partial charge in [-0.3, -0.25) is 4.90 Å². The Morgan fingerprint density at radius 1 is 1.14 bits per heavy atom. The second-order valence-electron chi connectivity index (χ2n) is 5.38. The Hall–Kier alpha value is -1.63. The first kappa shape index (κ1) is 15.3. The summed E-state index contributed by atoms with van der Waals surface area (Å²) in [6.07, 6.45) is 1.45. The molecule has 0 bridgehead atoms. The lowest BCUT2D eigenvalue weighted by molar-refractivity contribution is 0.0747. The molecule has 7 heteroatoms. The molecule has 22 heavy (non-hydrogen) atoms. The number of piperazine rings is 1. The fourth-order valence-electron chi connectivity index (χ4n) is 2.44. The maximum absolute atomic E-state index is 6.09. The monoisotopic (exact) mass is 322 g/mol. The largest absolute Gasteiger partial charge is 0.493 e. The van der Waals surface area contributed by atoms with Crippen molar-refractivity contribution in [3.8, 4) is 11.5 Å². The molecule has 1 aliphatic rings. The van der Waals surface area contributed by atoms with Crippen molar-refractivity contribution in [2.75, 3.05) is 47.1 Å². The molecule has 1 saturated heterocycles. The van der Waals surface area contributed by atoms with Crippen LogP contribution >= 0.6 is 11.6 Å². The van der Waals surface area contributed by atoms with Crippen LogP contribution in [0, 0.1) is 0 Å². The summed E-state index contributed by atoms with van der Waals surface area (Å²) in [5.74, 6) is 1.31. The van der Waals surface area contributed by atoms with Crippen LogP contribution in [0.3, 0.4) is 0 Å². The number of likely N-dealkylation sites (N-methyl/N-ethyl adjacent to an activating group) is 1. The van der Waals surface area contributed by atoms with Crippen LogP contribution in [0.1, 0.15) is 0 Å². The standard InChI is InChI=1S/C15H19ClN4O2/c1-19-3-5-20(6-4-19)10-22-14-8-12-11(7-13(14)21-2)15(16)18-9-17-12/h7-9H,3-6,10H2,1-2H3. The minimum Gasteiger partial charge on any atom is -0.493 e. The second-order valence-corrected chi connectivity index (χ2v) is 5.74. The predicted molar refractivity (Wildman–Crippen MR) is 85.7 cm³/mol. The van der Waals surface area contributed by atoms with Gasteiger partial charge in [0.25, 0.3) is 0 Å². The van der Waals surface area contributed by atoms with Gasteiger partial charge in [-0.15, -0.1) is 0 Å². The van der Waals surface area contributed by atoms with E-state index in [4.69, 9.17) is 21.1 Å². The summed E-state index contributed by atoms with van der Waals surface area (Å²) in [4.78, 5) is 12.8. The lowest BCUT2D eigenvalue weighted by Crippen LogP contribution is -2.45. The Morgan fingerprint density at radius 3 is 2.64 bits per heavy atom. The minimum absolute atomic E-state index is 0.411. The summed E-state index contributed by atoms with van der Waals surface area (Å²) in [5.41, 5.74) is 0.745. The van der Waals surface area contributed by atoms with Crippen molar-refractivity contribution >= 4 is 22.5 Å². The Morgan fingerprint density at radius 2 is 1.91 bits per heavy atom. The van der Waals surface area contributed by atoms with E-state index in [-0.39, 0.29) is 0 Å². The lowest BCUT2D eigenvalue weighted by atomic mass is 10.2. The zero-order valence-electron chi connectivity index (χ0n) is 12.8. The SMILES string of the molecule is COc1cc2c(Cl)ncnc2cc1OCN1CCN(C)CC1. The lowest BCUT2D eigenvalue weighted by Gasteiger charge is -2.32. The molecule has 0 amide bonds. The molecule has 3 rings (SSSR count). The van der Waals surface area contributed by atoms with Crippen LogP contribution in [0.15, 0.2) is 18.5 Å². The molecule has 2 aromatic rings. The van der Waals surface area contributed by atoms with E-state index in [1.807, 2.05) is 12.1 Å². The van der Waals surface area contributed by atoms with Crippen molar-refractivity contribution in [3.05, 3.63) is 23.6 Å². The van der Waals surface area contributed by atoms with E-state index >= 15 is 0 Å². The summed E-state index contributed by atoms with van der Waals surface area (Å²) >= 11 is 6.09. The molecule has 0 unspecified atom stereocenters. The van der Waals surface area contributed by atoms with E-state index in [1.165, 1.54) is 6.33 Å². The Labute approximate surface area is 134 Å². The van der Waals surface area contributed by atoms with Gasteiger partial charge in [0.1, 0.15) is 18.2 Å². The van der Waals surface area contributed by atoms with Gasteiger partial charge in [0.2, 0.25) is 0 Å². The predicted octanol–water partition coefficient (Wildman–Crippen LogP) is 1.88. The highest BCUT2D eigenvalue weighted by Crippen LogP contribution is 2.33. The van der Waals surface area contributed by atoms with Crippen LogP contribution in [-0.2, 0) is 0 Å². The third-order valence-corrected chi connectivity index (χ3v) is 4.17. The third kappa shape index (κ3) is 3.24. The molecule has 0 atom stereocenters. The van der Waals surface area contributed by atoms with Gasteiger partial charge in [-0.05, 0) is 13.1 Å². The second kappa shape index (κ2) is 6.64. The first-order chi connectivity index (χ1) is 10.7. The number of hydrogen-bond donors (Lipinski definition) is 0. The number of ether oxygens (including phenoxy) is 2. The van der Waals surface area contributed by atoms with Gasteiger partial charge < -0.3 is 14.4 Å². The van der Waals surface area contributed by atoms with Crippen molar-refractivity contribution in [1.29, 1.82) is 0 Å². The highest BCUT2D eigenvalue weighted by molar-refractivity contribution is 6.34. The van der Waals surface area contributed by atoms with Crippen LogP contribution in [-0.4, -0.2) is 66.8 Å². The number of halogens is 1. The Balaban J connectivity index is 1.78. The van der Waals surface area contributed by atoms with Crippen LogP contribution in [0.4, 0.5) is 0 Å². The number of hydrogen-bond acceptors (Lipinski definition) is 6. The molecule has 0 N–H and O–H groups in total. The maximum Gasteiger partial charge on any atom is 0.165 e. The topological polar surface area (TPSA) is 50.7 Å². The van der Waals surface area contributed by atoms with Gasteiger partial charge in [0.15, 0.2) is 11.5 Å². The van der Waals surface area contributed by atoms with Crippen LogP contribution < -0.4 is 9.47 Å². The molecule has 1 aliphatic heterocycles. The van der Waals surface area contributed by atoms with Crippen molar-refractivity contribution < 1.29 is 9.47 Å². The third-order valence-electron chi connectivity index (χ3n) is 3.87. The minimum atomic E-state index is 0.411. The molecule has 0 saturated carbocycles. The number of methoxy groups -OCH3 is 1. The molecule has 0 aliphatic carbocycles. The summed E-state index contributed by atoms with van der Waals surface area (Å²) in [5, 5.41) is 1.17. The number of benzene rings is 1. The summed E-state index contributed by atoms with van der Waals surface area (Å²) in [7, 11) is 3.75. The maximum atomic E-state index is 6.09. The van der Waals surface area contributed by atoms with E-state index in [0.29, 0.717) is 23.4 Å². The molecule has 1 fully saturated rings. The Bertz CT molecular complexity index is 659. The summed E-state index contributed by atoms with van der Waals surface area (Å²) < 4.78 is 11.3. The fraction of sp³-hybridized carbons (Fsp3) is 0.467. The van der Waals surface area contributed by atoms with Gasteiger partial charge in [-0.2, -0.15) is 0 Å². The molecular formula is C15H19ClN4O2. The molecular weight excluding hydrogens is 304 g/mol. The normalized spacial score (nSPS) is 16.9. The zero-order chi connectivity index (χ0) is 15.5. The van der Waals surface area contributed by atoms with Crippen LogP contribution in [0.25, 0.3) is 10.9 Å². The molecule has 1 aromatic heterocycles. The smallest absolute Gasteiger partial charge is 0.165 e. The molecule has 0 radical (unpaired) electrons. The van der Waals surface area contributed by atoms with Gasteiger partial charge >= 0.3 is 0 Å². The zero-order valence-corrected chi connectivity index (χ0v) is 13.5. The van der Waals surface area contributed by atoms with Crippen molar-refractivity contribution in [1.82, 2.24) is 19.8 Å². The first-order valence-corrected chi connectivity index (χ1v) is 7.57. The van der Waals surface area contributed by atoms with Crippen LogP contribution in [0.5, 0.6) is 11.5 Å². The van der Waals surface area contributed by atoms with E-state index < -0.39 is 0 Å². The quantitative estimate of drug-likeness (QED) is 0.801. The Kier molecular flexibility index (Phi) is 4.61. The molecule has 6 nitrogen and oxygen atoms in total. The van der Waals surface area contributed by atoms with Crippen molar-refractivity contribution in [3.63, 3.8) is 0 Å². The van der Waals surface area contributed by atoms with E-state index in [9.17, 15) is 0 Å². The number of nitrogens with zero attached hydrogens (tertiary/aromatic N) is 4. The van der Waals surface area contributed by atoms with Crippen LogP contribution in [0.2, 0.25) is 5.15 Å². The summed E-state index contributed by atoms with van der Waals surface area (Å²) in [6.45, 7) is 4.65. The van der Waals surface area contributed by atoms with E-state index in [1.54, 1.807) is 7.11 Å². The molecule has 0 spiro atoms. The number of rotatable bonds is 4. The highest BCUT2D eigenvalue weighted by atomic mass is 35.5. The van der Waals surface area contributed by atoms with Crippen molar-refractivity contribution in [2.45, 2.75) is 0 Å². The van der Waals surface area contributed by atoms with Gasteiger partial charge in [-0.25, -0.2) is 9.97 Å². The van der Waals surface area contributed by atoms with E-state index in [2.05, 4.69) is 26.8 Å². The molecule has 118 valence electrons. The van der Waals surface area contributed by atoms with Crippen molar-refractivity contribution in [2.24, 2.45) is 0 Å². The molecule has 2 heterocycles.